The molecule has 1 saturated carbocycles. The number of aliphatic hydroxyl groups is 1. The molecule has 4 rings (SSSR count). The van der Waals surface area contributed by atoms with Gasteiger partial charge in [-0.1, -0.05) is 6.92 Å². The van der Waals surface area contributed by atoms with Crippen LogP contribution in [0.1, 0.15) is 43.5 Å². The molecule has 3 heterocycles. The average Bonchev–Trinajstić information content (AvgIpc) is 3.52. The highest BCUT2D eigenvalue weighted by atomic mass is 16.3. The van der Waals surface area contributed by atoms with Crippen LogP contribution in [0.15, 0.2) is 36.8 Å². The Labute approximate surface area is 157 Å². The summed E-state index contributed by atoms with van der Waals surface area (Å²) in [5.41, 5.74) is 3.43. The van der Waals surface area contributed by atoms with Gasteiger partial charge in [0, 0.05) is 40.8 Å². The number of aromatic nitrogens is 3. The summed E-state index contributed by atoms with van der Waals surface area (Å²) in [6.45, 7) is 3.92. The van der Waals surface area contributed by atoms with Gasteiger partial charge in [0.05, 0.1) is 17.5 Å². The maximum atomic E-state index is 11.9. The second-order valence-electron chi connectivity index (χ2n) is 7.10. The van der Waals surface area contributed by atoms with Crippen molar-refractivity contribution in [3.05, 3.63) is 48.0 Å². The summed E-state index contributed by atoms with van der Waals surface area (Å²) in [6.07, 6.45) is 7.31. The van der Waals surface area contributed by atoms with Crippen LogP contribution in [0.4, 0.5) is 5.82 Å². The summed E-state index contributed by atoms with van der Waals surface area (Å²) < 4.78 is 0. The van der Waals surface area contributed by atoms with E-state index in [0.717, 1.165) is 40.4 Å². The van der Waals surface area contributed by atoms with Crippen LogP contribution < -0.4 is 5.32 Å². The average molecular weight is 362 g/mol. The molecule has 27 heavy (non-hydrogen) atoms. The van der Waals surface area contributed by atoms with E-state index in [-0.39, 0.29) is 11.8 Å². The zero-order valence-electron chi connectivity index (χ0n) is 15.4. The van der Waals surface area contributed by atoms with E-state index in [1.54, 1.807) is 18.6 Å². The lowest BCUT2D eigenvalue weighted by atomic mass is 10.0. The predicted molar refractivity (Wildman–Crippen MR) is 104 cm³/mol. The summed E-state index contributed by atoms with van der Waals surface area (Å²) in [6, 6.07) is 5.72. The van der Waals surface area contributed by atoms with Crippen molar-refractivity contribution in [2.45, 2.75) is 39.2 Å². The van der Waals surface area contributed by atoms with Gasteiger partial charge in [-0.3, -0.25) is 14.8 Å². The molecule has 6 nitrogen and oxygen atoms in total. The molecule has 0 unspecified atom stereocenters. The Balaban J connectivity index is 1.62. The Morgan fingerprint density at radius 1 is 1.15 bits per heavy atom. The lowest BCUT2D eigenvalue weighted by Gasteiger charge is -2.11. The Hall–Kier alpha value is -2.86. The fourth-order valence-corrected chi connectivity index (χ4v) is 3.06. The number of fused-ring (bicyclic) bond motifs is 1. The van der Waals surface area contributed by atoms with Crippen LogP contribution in [0.2, 0.25) is 0 Å². The fraction of sp³-hybridized carbons (Fsp3) is 0.333. The lowest BCUT2D eigenvalue weighted by molar-refractivity contribution is -0.117. The molecule has 0 spiro atoms. The summed E-state index contributed by atoms with van der Waals surface area (Å²) >= 11 is 0. The van der Waals surface area contributed by atoms with Gasteiger partial charge in [0.1, 0.15) is 5.82 Å². The minimum Gasteiger partial charge on any atom is -0.387 e. The van der Waals surface area contributed by atoms with Crippen molar-refractivity contribution in [1.82, 2.24) is 15.0 Å². The van der Waals surface area contributed by atoms with Crippen molar-refractivity contribution in [3.63, 3.8) is 0 Å². The first-order valence-electron chi connectivity index (χ1n) is 9.27. The number of rotatable bonds is 5. The second kappa shape index (κ2) is 7.04. The minimum absolute atomic E-state index is 0.0440. The van der Waals surface area contributed by atoms with Gasteiger partial charge >= 0.3 is 0 Å². The van der Waals surface area contributed by atoms with Gasteiger partial charge in [-0.25, -0.2) is 4.98 Å². The molecular weight excluding hydrogens is 340 g/mol. The third-order valence-corrected chi connectivity index (χ3v) is 4.94. The first-order chi connectivity index (χ1) is 13.0. The van der Waals surface area contributed by atoms with Crippen molar-refractivity contribution < 1.29 is 9.90 Å². The van der Waals surface area contributed by atoms with Crippen LogP contribution in [-0.2, 0) is 4.79 Å². The molecule has 1 aliphatic rings. The van der Waals surface area contributed by atoms with Gasteiger partial charge in [-0.2, -0.15) is 0 Å². The number of carbonyl (C=O) groups excluding carboxylic acids is 1. The third kappa shape index (κ3) is 3.66. The maximum Gasteiger partial charge on any atom is 0.228 e. The number of anilines is 1. The summed E-state index contributed by atoms with van der Waals surface area (Å²) in [5, 5.41) is 14.7. The highest BCUT2D eigenvalue weighted by molar-refractivity contribution is 5.95. The van der Waals surface area contributed by atoms with Gasteiger partial charge < -0.3 is 10.4 Å². The topological polar surface area (TPSA) is 88.0 Å². The second-order valence-corrected chi connectivity index (χ2v) is 7.10. The van der Waals surface area contributed by atoms with E-state index in [1.807, 2.05) is 32.0 Å². The molecule has 0 aromatic carbocycles. The van der Waals surface area contributed by atoms with E-state index in [2.05, 4.69) is 20.3 Å². The molecular formula is C21H22N4O2. The highest BCUT2D eigenvalue weighted by Gasteiger charge is 2.29. The molecule has 0 radical (unpaired) electrons. The summed E-state index contributed by atoms with van der Waals surface area (Å²) in [7, 11) is 0. The molecule has 1 atom stereocenters. The molecule has 138 valence electrons. The minimum atomic E-state index is -0.546. The van der Waals surface area contributed by atoms with E-state index >= 15 is 0 Å². The number of hydrogen-bond acceptors (Lipinski definition) is 5. The molecule has 3 aromatic rings. The normalized spacial score (nSPS) is 14.9. The first kappa shape index (κ1) is 17.5. The van der Waals surface area contributed by atoms with Crippen molar-refractivity contribution in [3.8, 4) is 11.3 Å². The van der Waals surface area contributed by atoms with E-state index in [0.29, 0.717) is 17.9 Å². The zero-order chi connectivity index (χ0) is 19.0. The van der Waals surface area contributed by atoms with Crippen molar-refractivity contribution in [2.24, 2.45) is 5.92 Å². The van der Waals surface area contributed by atoms with Crippen molar-refractivity contribution in [2.75, 3.05) is 5.32 Å². The van der Waals surface area contributed by atoms with Crippen LogP contribution >= 0.6 is 0 Å². The van der Waals surface area contributed by atoms with Crippen LogP contribution in [0.25, 0.3) is 22.0 Å². The number of nitrogens with one attached hydrogen (secondary N) is 1. The SMILES string of the molecule is CC[C@H](O)c1cc(C)c(-c2cc3cnc(NC(=O)C4CC4)cc3cn2)cn1. The first-order valence-corrected chi connectivity index (χ1v) is 9.27. The molecule has 1 aliphatic carbocycles. The van der Waals surface area contributed by atoms with Crippen LogP contribution in [0, 0.1) is 12.8 Å². The van der Waals surface area contributed by atoms with Crippen molar-refractivity contribution in [1.29, 1.82) is 0 Å². The standard InChI is InChI=1S/C21H22N4O2/c1-3-19(26)18-6-12(2)16(11-23-18)17-7-14-10-24-20(8-15(14)9-22-17)25-21(27)13-4-5-13/h6-11,13,19,26H,3-5H2,1-2H3,(H,24,25,27)/t19-/m0/s1. The number of pyridine rings is 3. The lowest BCUT2D eigenvalue weighted by Crippen LogP contribution is -2.14. The van der Waals surface area contributed by atoms with Gasteiger partial charge in [0.2, 0.25) is 5.91 Å². The molecule has 0 aliphatic heterocycles. The fourth-order valence-electron chi connectivity index (χ4n) is 3.06. The number of amides is 1. The molecule has 1 fully saturated rings. The van der Waals surface area contributed by atoms with E-state index < -0.39 is 6.10 Å². The predicted octanol–water partition coefficient (Wildman–Crippen LogP) is 3.79. The van der Waals surface area contributed by atoms with E-state index in [4.69, 9.17) is 0 Å². The smallest absolute Gasteiger partial charge is 0.228 e. The van der Waals surface area contributed by atoms with Gasteiger partial charge in [0.15, 0.2) is 0 Å². The summed E-state index contributed by atoms with van der Waals surface area (Å²) in [5.74, 6) is 0.750. The Bertz CT molecular complexity index is 1010. The summed E-state index contributed by atoms with van der Waals surface area (Å²) in [4.78, 5) is 25.2. The number of carbonyl (C=O) groups is 1. The number of aryl methyl sites for hydroxylation is 1. The molecule has 3 aromatic heterocycles. The number of nitrogens with zero attached hydrogens (tertiary/aromatic N) is 3. The monoisotopic (exact) mass is 362 g/mol. The van der Waals surface area contributed by atoms with Gasteiger partial charge in [-0.05, 0) is 49.9 Å². The molecule has 6 heteroatoms. The quantitative estimate of drug-likeness (QED) is 0.721. The van der Waals surface area contributed by atoms with E-state index in [9.17, 15) is 9.90 Å². The highest BCUT2D eigenvalue weighted by Crippen LogP contribution is 2.31. The van der Waals surface area contributed by atoms with Gasteiger partial charge in [-0.15, -0.1) is 0 Å². The van der Waals surface area contributed by atoms with Crippen molar-refractivity contribution >= 4 is 22.5 Å². The third-order valence-electron chi connectivity index (χ3n) is 4.94. The number of hydrogen-bond donors (Lipinski definition) is 2. The Kier molecular flexibility index (Phi) is 4.58. The van der Waals surface area contributed by atoms with Crippen LogP contribution in [-0.4, -0.2) is 26.0 Å². The maximum absolute atomic E-state index is 11.9. The largest absolute Gasteiger partial charge is 0.387 e. The van der Waals surface area contributed by atoms with Crippen LogP contribution in [0.5, 0.6) is 0 Å². The van der Waals surface area contributed by atoms with Gasteiger partial charge in [0.25, 0.3) is 0 Å². The van der Waals surface area contributed by atoms with E-state index in [1.165, 1.54) is 0 Å². The Morgan fingerprint density at radius 3 is 2.59 bits per heavy atom. The zero-order valence-corrected chi connectivity index (χ0v) is 15.4. The molecule has 0 saturated heterocycles. The Morgan fingerprint density at radius 2 is 1.89 bits per heavy atom. The van der Waals surface area contributed by atoms with Crippen LogP contribution in [0.3, 0.4) is 0 Å². The molecule has 2 N–H and O–H groups in total. The molecule has 0 bridgehead atoms. The molecule has 1 amide bonds. The number of aliphatic hydroxyl groups excluding tert-OH is 1.